The summed E-state index contributed by atoms with van der Waals surface area (Å²) in [6.45, 7) is 0. The number of thiol groups is 1. The van der Waals surface area contributed by atoms with Crippen molar-refractivity contribution < 1.29 is 23.8 Å². The topological polar surface area (TPSA) is 61.8 Å². The van der Waals surface area contributed by atoms with Crippen LogP contribution in [0.5, 0.6) is 17.2 Å². The van der Waals surface area contributed by atoms with Crippen molar-refractivity contribution in [3.63, 3.8) is 0 Å². The smallest absolute Gasteiger partial charge is 0.311 e. The van der Waals surface area contributed by atoms with Gasteiger partial charge in [0.05, 0.1) is 14.2 Å². The summed E-state index contributed by atoms with van der Waals surface area (Å²) in [6.07, 6.45) is 3.10. The molecule has 0 amide bonds. The predicted molar refractivity (Wildman–Crippen MR) is 107 cm³/mol. The van der Waals surface area contributed by atoms with Crippen molar-refractivity contribution in [1.29, 1.82) is 0 Å². The first kappa shape index (κ1) is 20.8. The van der Waals surface area contributed by atoms with Crippen LogP contribution < -0.4 is 14.2 Å². The summed E-state index contributed by atoms with van der Waals surface area (Å²) in [4.78, 5) is 24.5. The molecule has 0 radical (unpaired) electrons. The standard InChI is InChI=1S/C21H24O5S/c1-24-18-12-16(13-19(14-18)25-2)21(23)15-7-9-17(10-8-15)26-20(22)6-4-3-5-11-27/h7-10,12-14,27H,3-6,11H2,1-2H3. The molecule has 0 bridgehead atoms. The SMILES string of the molecule is COc1cc(OC)cc(C(=O)c2ccc(OC(=O)CCCCCS)cc2)c1. The van der Waals surface area contributed by atoms with E-state index in [9.17, 15) is 9.59 Å². The minimum Gasteiger partial charge on any atom is -0.497 e. The second kappa shape index (κ2) is 10.6. The van der Waals surface area contributed by atoms with Crippen LogP contribution in [0, 0.1) is 0 Å². The van der Waals surface area contributed by atoms with Crippen LogP contribution in [0.3, 0.4) is 0 Å². The fourth-order valence-corrected chi connectivity index (χ4v) is 2.74. The lowest BCUT2D eigenvalue weighted by Crippen LogP contribution is -2.08. The Morgan fingerprint density at radius 2 is 1.44 bits per heavy atom. The average molecular weight is 388 g/mol. The van der Waals surface area contributed by atoms with E-state index in [2.05, 4.69) is 12.6 Å². The number of esters is 1. The van der Waals surface area contributed by atoms with Crippen LogP contribution in [-0.2, 0) is 4.79 Å². The summed E-state index contributed by atoms with van der Waals surface area (Å²) in [5.74, 6) is 1.89. The van der Waals surface area contributed by atoms with Gasteiger partial charge in [-0.15, -0.1) is 0 Å². The maximum Gasteiger partial charge on any atom is 0.311 e. The van der Waals surface area contributed by atoms with Crippen LogP contribution in [0.4, 0.5) is 0 Å². The lowest BCUT2D eigenvalue weighted by atomic mass is 10.0. The number of methoxy groups -OCH3 is 2. The molecule has 144 valence electrons. The Balaban J connectivity index is 2.02. The van der Waals surface area contributed by atoms with E-state index in [1.54, 1.807) is 42.5 Å². The molecule has 5 nitrogen and oxygen atoms in total. The number of rotatable bonds is 10. The Kier molecular flexibility index (Phi) is 8.20. The van der Waals surface area contributed by atoms with Gasteiger partial charge in [-0.3, -0.25) is 9.59 Å². The van der Waals surface area contributed by atoms with Gasteiger partial charge in [0.1, 0.15) is 17.2 Å². The maximum absolute atomic E-state index is 12.7. The van der Waals surface area contributed by atoms with Crippen molar-refractivity contribution in [3.8, 4) is 17.2 Å². The number of carbonyl (C=O) groups excluding carboxylic acids is 2. The number of carbonyl (C=O) groups is 2. The number of unbranched alkanes of at least 4 members (excludes halogenated alkanes) is 2. The van der Waals surface area contributed by atoms with Gasteiger partial charge in [0.2, 0.25) is 0 Å². The lowest BCUT2D eigenvalue weighted by Gasteiger charge is -2.09. The van der Waals surface area contributed by atoms with E-state index in [0.717, 1.165) is 25.0 Å². The molecule has 2 rings (SSSR count). The van der Waals surface area contributed by atoms with Gasteiger partial charge in [0.25, 0.3) is 0 Å². The first-order valence-electron chi connectivity index (χ1n) is 8.76. The first-order chi connectivity index (χ1) is 13.1. The third kappa shape index (κ3) is 6.32. The van der Waals surface area contributed by atoms with Gasteiger partial charge in [0, 0.05) is 23.6 Å². The fraction of sp³-hybridized carbons (Fsp3) is 0.333. The van der Waals surface area contributed by atoms with Crippen LogP contribution in [0.2, 0.25) is 0 Å². The molecule has 0 aliphatic heterocycles. The predicted octanol–water partition coefficient (Wildman–Crippen LogP) is 4.33. The maximum atomic E-state index is 12.7. The minimum absolute atomic E-state index is 0.170. The van der Waals surface area contributed by atoms with Gasteiger partial charge in [0.15, 0.2) is 5.78 Å². The summed E-state index contributed by atoms with van der Waals surface area (Å²) in [7, 11) is 3.06. The zero-order chi connectivity index (χ0) is 19.6. The van der Waals surface area contributed by atoms with Crippen molar-refractivity contribution in [1.82, 2.24) is 0 Å². The second-order valence-electron chi connectivity index (χ2n) is 5.96. The van der Waals surface area contributed by atoms with Gasteiger partial charge in [-0.1, -0.05) is 6.42 Å². The van der Waals surface area contributed by atoms with E-state index in [-0.39, 0.29) is 11.8 Å². The van der Waals surface area contributed by atoms with Crippen molar-refractivity contribution in [3.05, 3.63) is 53.6 Å². The van der Waals surface area contributed by atoms with E-state index in [1.807, 2.05) is 0 Å². The average Bonchev–Trinajstić information content (AvgIpc) is 2.70. The third-order valence-electron chi connectivity index (χ3n) is 4.00. The zero-order valence-corrected chi connectivity index (χ0v) is 16.5. The Morgan fingerprint density at radius 1 is 0.815 bits per heavy atom. The molecule has 2 aromatic rings. The fourth-order valence-electron chi connectivity index (χ4n) is 2.52. The highest BCUT2D eigenvalue weighted by atomic mass is 32.1. The highest BCUT2D eigenvalue weighted by Crippen LogP contribution is 2.25. The lowest BCUT2D eigenvalue weighted by molar-refractivity contribution is -0.134. The van der Waals surface area contributed by atoms with Gasteiger partial charge in [-0.2, -0.15) is 12.6 Å². The zero-order valence-electron chi connectivity index (χ0n) is 15.6. The van der Waals surface area contributed by atoms with E-state index in [4.69, 9.17) is 14.2 Å². The molecule has 0 aliphatic carbocycles. The Labute approximate surface area is 165 Å². The van der Waals surface area contributed by atoms with Crippen LogP contribution in [0.15, 0.2) is 42.5 Å². The molecular formula is C21H24O5S. The van der Waals surface area contributed by atoms with Gasteiger partial charge < -0.3 is 14.2 Å². The summed E-state index contributed by atoms with van der Waals surface area (Å²) >= 11 is 4.14. The molecule has 6 heteroatoms. The highest BCUT2D eigenvalue weighted by molar-refractivity contribution is 7.80. The van der Waals surface area contributed by atoms with Gasteiger partial charge >= 0.3 is 5.97 Å². The molecule has 0 fully saturated rings. The van der Waals surface area contributed by atoms with Gasteiger partial charge in [-0.25, -0.2) is 0 Å². The Hall–Kier alpha value is -2.47. The quantitative estimate of drug-likeness (QED) is 0.216. The number of hydrogen-bond acceptors (Lipinski definition) is 6. The molecule has 0 spiro atoms. The van der Waals surface area contributed by atoms with Crippen molar-refractivity contribution in [2.45, 2.75) is 25.7 Å². The Morgan fingerprint density at radius 3 is 2.00 bits per heavy atom. The van der Waals surface area contributed by atoms with E-state index in [0.29, 0.717) is 34.8 Å². The minimum atomic E-state index is -0.272. The molecule has 0 heterocycles. The van der Waals surface area contributed by atoms with Crippen LogP contribution >= 0.6 is 12.6 Å². The molecular weight excluding hydrogens is 364 g/mol. The summed E-state index contributed by atoms with van der Waals surface area (Å²) in [5.41, 5.74) is 0.944. The summed E-state index contributed by atoms with van der Waals surface area (Å²) in [5, 5.41) is 0. The molecule has 0 unspecified atom stereocenters. The number of hydrogen-bond donors (Lipinski definition) is 1. The van der Waals surface area contributed by atoms with Gasteiger partial charge in [-0.05, 0) is 55.0 Å². The normalized spacial score (nSPS) is 10.3. The number of ketones is 1. The highest BCUT2D eigenvalue weighted by Gasteiger charge is 2.13. The van der Waals surface area contributed by atoms with E-state index >= 15 is 0 Å². The molecule has 0 saturated carbocycles. The number of benzene rings is 2. The van der Waals surface area contributed by atoms with Crippen molar-refractivity contribution >= 4 is 24.4 Å². The number of ether oxygens (including phenoxy) is 3. The van der Waals surface area contributed by atoms with Crippen LogP contribution in [0.25, 0.3) is 0 Å². The van der Waals surface area contributed by atoms with Crippen LogP contribution in [0.1, 0.15) is 41.6 Å². The second-order valence-corrected chi connectivity index (χ2v) is 6.41. The van der Waals surface area contributed by atoms with Crippen molar-refractivity contribution in [2.75, 3.05) is 20.0 Å². The largest absolute Gasteiger partial charge is 0.497 e. The molecule has 0 saturated heterocycles. The van der Waals surface area contributed by atoms with Crippen molar-refractivity contribution in [2.24, 2.45) is 0 Å². The summed E-state index contributed by atoms with van der Waals surface area (Å²) < 4.78 is 15.7. The van der Waals surface area contributed by atoms with E-state index < -0.39 is 0 Å². The first-order valence-corrected chi connectivity index (χ1v) is 9.40. The third-order valence-corrected chi connectivity index (χ3v) is 4.32. The molecule has 27 heavy (non-hydrogen) atoms. The Bertz CT molecular complexity index is 748. The monoisotopic (exact) mass is 388 g/mol. The molecule has 0 atom stereocenters. The summed E-state index contributed by atoms with van der Waals surface area (Å²) in [6, 6.07) is 11.5. The molecule has 2 aromatic carbocycles. The molecule has 0 aliphatic rings. The molecule has 0 aromatic heterocycles. The van der Waals surface area contributed by atoms with Crippen LogP contribution in [-0.4, -0.2) is 31.7 Å². The molecule has 0 N–H and O–H groups in total. The van der Waals surface area contributed by atoms with E-state index in [1.165, 1.54) is 14.2 Å².